The van der Waals surface area contributed by atoms with Crippen molar-refractivity contribution in [1.29, 1.82) is 0 Å². The van der Waals surface area contributed by atoms with E-state index in [-0.39, 0.29) is 5.82 Å². The van der Waals surface area contributed by atoms with Crippen LogP contribution in [0.2, 0.25) is 0 Å². The Morgan fingerprint density at radius 1 is 1.03 bits per heavy atom. The number of aromatic nitrogens is 1. The third kappa shape index (κ3) is 5.06. The van der Waals surface area contributed by atoms with Gasteiger partial charge in [0.25, 0.3) is 0 Å². The summed E-state index contributed by atoms with van der Waals surface area (Å²) in [6.45, 7) is 7.84. The smallest absolute Gasteiger partial charge is 0.318 e. The van der Waals surface area contributed by atoms with Gasteiger partial charge in [0, 0.05) is 22.6 Å². The molecule has 0 unspecified atom stereocenters. The summed E-state index contributed by atoms with van der Waals surface area (Å²) in [5, 5.41) is 6.42. The summed E-state index contributed by atoms with van der Waals surface area (Å²) in [5.74, 6) is -1.65. The second-order valence-electron chi connectivity index (χ2n) is 7.54. The summed E-state index contributed by atoms with van der Waals surface area (Å²) >= 11 is 0. The molecule has 3 rings (SSSR count). The normalized spacial score (nSPS) is 11.2. The minimum absolute atomic E-state index is 0.334. The zero-order valence-corrected chi connectivity index (χ0v) is 17.9. The molecule has 0 fully saturated rings. The van der Waals surface area contributed by atoms with Gasteiger partial charge in [0.05, 0.1) is 11.9 Å². The zero-order chi connectivity index (χ0) is 22.5. The highest BCUT2D eigenvalue weighted by Gasteiger charge is 2.14. The van der Waals surface area contributed by atoms with E-state index in [9.17, 15) is 14.0 Å². The summed E-state index contributed by atoms with van der Waals surface area (Å²) in [4.78, 5) is 24.1. The molecule has 31 heavy (non-hydrogen) atoms. The van der Waals surface area contributed by atoms with Gasteiger partial charge in [0.2, 0.25) is 0 Å². The van der Waals surface area contributed by atoms with Crippen molar-refractivity contribution in [2.45, 2.75) is 33.6 Å². The molecule has 6 nitrogen and oxygen atoms in total. The molecule has 160 valence electrons. The molecular formula is C24H25FN4O2. The molecule has 1 aromatic heterocycles. The number of hydrogen-bond acceptors (Lipinski definition) is 3. The van der Waals surface area contributed by atoms with Crippen LogP contribution in [-0.2, 0) is 9.59 Å². The van der Waals surface area contributed by atoms with Crippen LogP contribution in [0.3, 0.4) is 0 Å². The molecule has 1 heterocycles. The van der Waals surface area contributed by atoms with Gasteiger partial charge in [-0.2, -0.15) is 5.10 Å². The van der Waals surface area contributed by atoms with Crippen molar-refractivity contribution >= 4 is 23.7 Å². The number of nitrogens with one attached hydrogen (secondary N) is 2. The van der Waals surface area contributed by atoms with E-state index >= 15 is 0 Å². The maximum absolute atomic E-state index is 14.2. The molecule has 2 amide bonds. The largest absolute Gasteiger partial charge is 0.329 e. The SMILES string of the molecule is Cc1cc(/C=N\NC(=O)C(=O)Nc2ccc(C(C)C)cc2)c(C)n1-c1ccccc1F. The van der Waals surface area contributed by atoms with Crippen LogP contribution >= 0.6 is 0 Å². The predicted molar refractivity (Wildman–Crippen MR) is 120 cm³/mol. The van der Waals surface area contributed by atoms with Gasteiger partial charge in [-0.05, 0) is 55.7 Å². The Hall–Kier alpha value is -3.74. The molecule has 0 saturated carbocycles. The fourth-order valence-electron chi connectivity index (χ4n) is 3.27. The Morgan fingerprint density at radius 2 is 1.71 bits per heavy atom. The van der Waals surface area contributed by atoms with Crippen LogP contribution in [0.15, 0.2) is 59.7 Å². The van der Waals surface area contributed by atoms with Gasteiger partial charge in [-0.3, -0.25) is 9.59 Å². The average Bonchev–Trinajstić information content (AvgIpc) is 3.02. The maximum Gasteiger partial charge on any atom is 0.329 e. The Labute approximate surface area is 180 Å². The summed E-state index contributed by atoms with van der Waals surface area (Å²) in [7, 11) is 0. The van der Waals surface area contributed by atoms with E-state index in [1.54, 1.807) is 34.9 Å². The van der Waals surface area contributed by atoms with Crippen molar-refractivity contribution in [2.75, 3.05) is 5.32 Å². The highest BCUT2D eigenvalue weighted by molar-refractivity contribution is 6.39. The number of hydrazone groups is 1. The van der Waals surface area contributed by atoms with E-state index in [0.29, 0.717) is 22.9 Å². The van der Waals surface area contributed by atoms with Gasteiger partial charge in [-0.1, -0.05) is 38.1 Å². The van der Waals surface area contributed by atoms with Crippen molar-refractivity contribution in [1.82, 2.24) is 9.99 Å². The van der Waals surface area contributed by atoms with E-state index in [1.165, 1.54) is 12.3 Å². The van der Waals surface area contributed by atoms with Crippen molar-refractivity contribution in [2.24, 2.45) is 5.10 Å². The van der Waals surface area contributed by atoms with E-state index in [1.807, 2.05) is 32.0 Å². The van der Waals surface area contributed by atoms with Crippen LogP contribution < -0.4 is 10.7 Å². The minimum Gasteiger partial charge on any atom is -0.318 e. The number of hydrogen-bond donors (Lipinski definition) is 2. The highest BCUT2D eigenvalue weighted by atomic mass is 19.1. The number of anilines is 1. The Balaban J connectivity index is 1.65. The van der Waals surface area contributed by atoms with E-state index < -0.39 is 11.8 Å². The van der Waals surface area contributed by atoms with Crippen molar-refractivity contribution < 1.29 is 14.0 Å². The molecule has 0 aliphatic carbocycles. The minimum atomic E-state index is -0.882. The number of para-hydroxylation sites is 1. The molecule has 2 aromatic carbocycles. The average molecular weight is 420 g/mol. The van der Waals surface area contributed by atoms with Gasteiger partial charge >= 0.3 is 11.8 Å². The molecular weight excluding hydrogens is 395 g/mol. The van der Waals surface area contributed by atoms with Crippen LogP contribution in [0.25, 0.3) is 5.69 Å². The quantitative estimate of drug-likeness (QED) is 0.364. The molecule has 2 N–H and O–H groups in total. The number of carbonyl (C=O) groups is 2. The number of aryl methyl sites for hydroxylation is 1. The maximum atomic E-state index is 14.2. The lowest BCUT2D eigenvalue weighted by molar-refractivity contribution is -0.136. The number of nitrogens with zero attached hydrogens (tertiary/aromatic N) is 2. The Morgan fingerprint density at radius 3 is 2.35 bits per heavy atom. The molecule has 0 radical (unpaired) electrons. The van der Waals surface area contributed by atoms with Crippen LogP contribution in [0.4, 0.5) is 10.1 Å². The molecule has 0 saturated heterocycles. The summed E-state index contributed by atoms with van der Waals surface area (Å²) in [5.41, 5.74) is 6.60. The standard InChI is InChI=1S/C24H25FN4O2/c1-15(2)18-9-11-20(12-10-18)27-23(30)24(31)28-26-14-19-13-16(3)29(17(19)4)22-8-6-5-7-21(22)25/h5-15H,1-4H3,(H,27,30)(H,28,31)/b26-14-. The fourth-order valence-corrected chi connectivity index (χ4v) is 3.27. The third-order valence-corrected chi connectivity index (χ3v) is 4.97. The molecule has 0 aliphatic rings. The number of rotatable bonds is 5. The van der Waals surface area contributed by atoms with Crippen LogP contribution in [-0.4, -0.2) is 22.6 Å². The molecule has 7 heteroatoms. The first-order valence-corrected chi connectivity index (χ1v) is 9.96. The molecule has 0 spiro atoms. The van der Waals surface area contributed by atoms with Gasteiger partial charge in [-0.25, -0.2) is 9.82 Å². The van der Waals surface area contributed by atoms with E-state index in [0.717, 1.165) is 17.0 Å². The highest BCUT2D eigenvalue weighted by Crippen LogP contribution is 2.22. The number of amides is 2. The van der Waals surface area contributed by atoms with E-state index in [2.05, 4.69) is 29.7 Å². The topological polar surface area (TPSA) is 75.5 Å². The predicted octanol–water partition coefficient (Wildman–Crippen LogP) is 4.45. The second-order valence-corrected chi connectivity index (χ2v) is 7.54. The Kier molecular flexibility index (Phi) is 6.65. The lowest BCUT2D eigenvalue weighted by atomic mass is 10.0. The van der Waals surface area contributed by atoms with Gasteiger partial charge in [0.1, 0.15) is 5.82 Å². The van der Waals surface area contributed by atoms with Gasteiger partial charge in [-0.15, -0.1) is 0 Å². The molecule has 0 bridgehead atoms. The van der Waals surface area contributed by atoms with E-state index in [4.69, 9.17) is 0 Å². The lowest BCUT2D eigenvalue weighted by Gasteiger charge is -2.10. The van der Waals surface area contributed by atoms with Crippen LogP contribution in [0, 0.1) is 19.7 Å². The molecule has 0 atom stereocenters. The summed E-state index contributed by atoms with van der Waals surface area (Å²) in [6.07, 6.45) is 1.43. The van der Waals surface area contributed by atoms with Gasteiger partial charge in [0.15, 0.2) is 0 Å². The number of benzene rings is 2. The molecule has 3 aromatic rings. The zero-order valence-electron chi connectivity index (χ0n) is 17.9. The summed E-state index contributed by atoms with van der Waals surface area (Å²) in [6, 6.07) is 15.6. The van der Waals surface area contributed by atoms with Crippen molar-refractivity contribution in [3.63, 3.8) is 0 Å². The lowest BCUT2D eigenvalue weighted by Crippen LogP contribution is -2.32. The monoisotopic (exact) mass is 420 g/mol. The molecule has 0 aliphatic heterocycles. The number of halogens is 1. The van der Waals surface area contributed by atoms with Gasteiger partial charge < -0.3 is 9.88 Å². The van der Waals surface area contributed by atoms with Crippen LogP contribution in [0.5, 0.6) is 0 Å². The van der Waals surface area contributed by atoms with Crippen LogP contribution in [0.1, 0.15) is 42.3 Å². The third-order valence-electron chi connectivity index (χ3n) is 4.97. The Bertz CT molecular complexity index is 1130. The first-order chi connectivity index (χ1) is 14.8. The first kappa shape index (κ1) is 22.0. The number of carbonyl (C=O) groups excluding carboxylic acids is 2. The second kappa shape index (κ2) is 9.38. The summed E-state index contributed by atoms with van der Waals surface area (Å²) < 4.78 is 15.9. The van der Waals surface area contributed by atoms with Crippen molar-refractivity contribution in [3.05, 3.63) is 82.9 Å². The first-order valence-electron chi connectivity index (χ1n) is 9.96. The fraction of sp³-hybridized carbons (Fsp3) is 0.208. The van der Waals surface area contributed by atoms with Crippen molar-refractivity contribution in [3.8, 4) is 5.69 Å².